The Balaban J connectivity index is 1.31. The van der Waals surface area contributed by atoms with Crippen LogP contribution in [0.1, 0.15) is 168 Å². The van der Waals surface area contributed by atoms with E-state index in [4.69, 9.17) is 18.9 Å². The highest BCUT2D eigenvalue weighted by Crippen LogP contribution is 2.32. The number of rotatable bonds is 30. The third-order valence-corrected chi connectivity index (χ3v) is 11.4. The lowest BCUT2D eigenvalue weighted by atomic mass is 9.90. The van der Waals surface area contributed by atoms with Gasteiger partial charge < -0.3 is 18.9 Å². The number of ether oxygens (including phenoxy) is 4. The highest BCUT2D eigenvalue weighted by molar-refractivity contribution is 7.99. The molecule has 0 radical (unpaired) electrons. The maximum atomic E-state index is 6.11. The Kier molecular flexibility index (Phi) is 26.5. The summed E-state index contributed by atoms with van der Waals surface area (Å²) >= 11 is 4.21. The lowest BCUT2D eigenvalue weighted by molar-refractivity contribution is -0.303. The fourth-order valence-corrected chi connectivity index (χ4v) is 8.02. The summed E-state index contributed by atoms with van der Waals surface area (Å²) in [5, 5.41) is 0. The van der Waals surface area contributed by atoms with Crippen molar-refractivity contribution in [3.05, 3.63) is 0 Å². The number of unbranched alkanes of at least 4 members (excludes halogenated alkanes) is 18. The van der Waals surface area contributed by atoms with Crippen LogP contribution >= 0.6 is 23.5 Å². The molecular weight excluding hydrogens is 573 g/mol. The largest absolute Gasteiger partial charge is 0.352 e. The van der Waals surface area contributed by atoms with E-state index in [2.05, 4.69) is 37.4 Å². The molecule has 0 saturated carbocycles. The molecule has 2 heterocycles. The maximum absolute atomic E-state index is 6.11. The summed E-state index contributed by atoms with van der Waals surface area (Å²) in [5.74, 6) is 5.05. The van der Waals surface area contributed by atoms with Crippen molar-refractivity contribution in [1.29, 1.82) is 0 Å². The Bertz CT molecular complexity index is 523. The third kappa shape index (κ3) is 21.9. The van der Waals surface area contributed by atoms with E-state index in [-0.39, 0.29) is 18.0 Å². The van der Waals surface area contributed by atoms with Crippen LogP contribution in [0.2, 0.25) is 0 Å². The summed E-state index contributed by atoms with van der Waals surface area (Å²) in [6, 6.07) is 0. The molecule has 2 aliphatic rings. The first-order valence-corrected chi connectivity index (χ1v) is 21.2. The molecule has 0 bridgehead atoms. The molecule has 0 atom stereocenters. The molecule has 0 aromatic carbocycles. The minimum Gasteiger partial charge on any atom is -0.352 e. The minimum absolute atomic E-state index is 0.0474. The SMILES string of the molecule is CCCCCCCCCCCCSCCCC1OCC2(CO1)COC(CCCSCCCCCCCCCCCC)OC2. The lowest BCUT2D eigenvalue weighted by Gasteiger charge is -2.43. The predicted molar refractivity (Wildman–Crippen MR) is 191 cm³/mol. The van der Waals surface area contributed by atoms with Crippen LogP contribution in [0.25, 0.3) is 0 Å². The van der Waals surface area contributed by atoms with E-state index in [1.165, 1.54) is 164 Å². The molecule has 2 saturated heterocycles. The number of hydrogen-bond acceptors (Lipinski definition) is 6. The predicted octanol–water partition coefficient (Wildman–Crippen LogP) is 11.6. The average Bonchev–Trinajstić information content (AvgIpc) is 3.03. The van der Waals surface area contributed by atoms with Crippen molar-refractivity contribution in [3.63, 3.8) is 0 Å². The molecule has 0 aliphatic carbocycles. The summed E-state index contributed by atoms with van der Waals surface area (Å²) in [5.41, 5.74) is -0.110. The standard InChI is InChI=1S/C37H72O4S2/c1-3-5-7-9-11-13-15-17-19-21-27-42-29-23-25-35-38-31-37(32-39-35)33-40-36(41-34-37)26-24-30-43-28-22-20-18-16-14-12-10-8-6-4-2/h35-36H,3-34H2,1-2H3. The molecule has 43 heavy (non-hydrogen) atoms. The van der Waals surface area contributed by atoms with Gasteiger partial charge in [0.1, 0.15) is 0 Å². The van der Waals surface area contributed by atoms with E-state index < -0.39 is 0 Å². The molecule has 2 rings (SSSR count). The van der Waals surface area contributed by atoms with Crippen LogP contribution in [-0.2, 0) is 18.9 Å². The minimum atomic E-state index is -0.110. The molecule has 0 N–H and O–H groups in total. The normalized spacial score (nSPS) is 22.5. The molecule has 256 valence electrons. The first-order valence-electron chi connectivity index (χ1n) is 18.9. The fraction of sp³-hybridized carbons (Fsp3) is 1.00. The van der Waals surface area contributed by atoms with Crippen molar-refractivity contribution < 1.29 is 18.9 Å². The summed E-state index contributed by atoms with van der Waals surface area (Å²) in [6.07, 6.45) is 32.6. The van der Waals surface area contributed by atoms with Gasteiger partial charge >= 0.3 is 0 Å². The van der Waals surface area contributed by atoms with E-state index in [0.29, 0.717) is 26.4 Å². The molecule has 0 aromatic heterocycles. The van der Waals surface area contributed by atoms with Gasteiger partial charge in [0.2, 0.25) is 0 Å². The molecule has 1 spiro atoms. The van der Waals surface area contributed by atoms with E-state index in [1.54, 1.807) is 0 Å². The summed E-state index contributed by atoms with van der Waals surface area (Å²) < 4.78 is 24.4. The zero-order chi connectivity index (χ0) is 30.5. The third-order valence-electron chi connectivity index (χ3n) is 9.04. The van der Waals surface area contributed by atoms with Crippen LogP contribution in [0.4, 0.5) is 0 Å². The van der Waals surface area contributed by atoms with E-state index in [9.17, 15) is 0 Å². The average molecular weight is 645 g/mol. The van der Waals surface area contributed by atoms with Gasteiger partial charge in [-0.2, -0.15) is 23.5 Å². The topological polar surface area (TPSA) is 36.9 Å². The maximum Gasteiger partial charge on any atom is 0.157 e. The lowest BCUT2D eigenvalue weighted by Crippen LogP contribution is -2.52. The summed E-state index contributed by atoms with van der Waals surface area (Å²) in [6.45, 7) is 7.38. The molecule has 0 unspecified atom stereocenters. The van der Waals surface area contributed by atoms with E-state index in [1.807, 2.05) is 0 Å². The van der Waals surface area contributed by atoms with Crippen molar-refractivity contribution in [3.8, 4) is 0 Å². The van der Waals surface area contributed by atoms with Gasteiger partial charge in [0.25, 0.3) is 0 Å². The van der Waals surface area contributed by atoms with Crippen molar-refractivity contribution in [1.82, 2.24) is 0 Å². The van der Waals surface area contributed by atoms with Crippen LogP contribution in [-0.4, -0.2) is 62.0 Å². The Labute approximate surface area is 277 Å². The van der Waals surface area contributed by atoms with E-state index >= 15 is 0 Å². The quantitative estimate of drug-likeness (QED) is 0.0724. The highest BCUT2D eigenvalue weighted by atomic mass is 32.2. The molecule has 2 aliphatic heterocycles. The molecular formula is C37H72O4S2. The molecule has 2 fully saturated rings. The zero-order valence-electron chi connectivity index (χ0n) is 28.7. The van der Waals surface area contributed by atoms with Crippen molar-refractivity contribution >= 4 is 23.5 Å². The number of thioether (sulfide) groups is 2. The molecule has 6 heteroatoms. The van der Waals surface area contributed by atoms with Crippen molar-refractivity contribution in [2.75, 3.05) is 49.4 Å². The first kappa shape index (κ1) is 39.7. The first-order chi connectivity index (χ1) is 21.3. The molecule has 0 aromatic rings. The Morgan fingerprint density at radius 1 is 0.395 bits per heavy atom. The van der Waals surface area contributed by atoms with Crippen molar-refractivity contribution in [2.45, 2.75) is 181 Å². The molecule has 4 nitrogen and oxygen atoms in total. The second-order valence-corrected chi connectivity index (χ2v) is 15.9. The van der Waals surface area contributed by atoms with Gasteiger partial charge in [-0.3, -0.25) is 0 Å². The second kappa shape index (κ2) is 28.7. The van der Waals surface area contributed by atoms with Gasteiger partial charge in [0.05, 0.1) is 31.8 Å². The van der Waals surface area contributed by atoms with Gasteiger partial charge in [-0.05, 0) is 61.5 Å². The zero-order valence-corrected chi connectivity index (χ0v) is 30.4. The number of hydrogen-bond donors (Lipinski definition) is 0. The monoisotopic (exact) mass is 644 g/mol. The van der Waals surface area contributed by atoms with Gasteiger partial charge in [0.15, 0.2) is 12.6 Å². The highest BCUT2D eigenvalue weighted by Gasteiger charge is 2.41. The van der Waals surface area contributed by atoms with Crippen LogP contribution in [0.3, 0.4) is 0 Å². The Morgan fingerprint density at radius 2 is 0.674 bits per heavy atom. The van der Waals surface area contributed by atoms with Crippen LogP contribution in [0.5, 0.6) is 0 Å². The Morgan fingerprint density at radius 3 is 1.00 bits per heavy atom. The van der Waals surface area contributed by atoms with Gasteiger partial charge in [0, 0.05) is 0 Å². The van der Waals surface area contributed by atoms with Gasteiger partial charge in [-0.15, -0.1) is 0 Å². The fourth-order valence-electron chi connectivity index (χ4n) is 6.05. The molecule has 0 amide bonds. The van der Waals surface area contributed by atoms with Crippen LogP contribution < -0.4 is 0 Å². The summed E-state index contributed by atoms with van der Waals surface area (Å²) in [4.78, 5) is 0. The van der Waals surface area contributed by atoms with Gasteiger partial charge in [-0.1, -0.05) is 129 Å². The van der Waals surface area contributed by atoms with E-state index in [0.717, 1.165) is 12.8 Å². The van der Waals surface area contributed by atoms with Gasteiger partial charge in [-0.25, -0.2) is 0 Å². The van der Waals surface area contributed by atoms with Crippen LogP contribution in [0.15, 0.2) is 0 Å². The van der Waals surface area contributed by atoms with Crippen molar-refractivity contribution in [2.24, 2.45) is 5.41 Å². The smallest absolute Gasteiger partial charge is 0.157 e. The second-order valence-electron chi connectivity index (χ2n) is 13.5. The van der Waals surface area contributed by atoms with Crippen LogP contribution in [0, 0.1) is 5.41 Å². The summed E-state index contributed by atoms with van der Waals surface area (Å²) in [7, 11) is 0. The Hall–Kier alpha value is 0.540.